The Kier molecular flexibility index (Phi) is 4.16. The van der Waals surface area contributed by atoms with Gasteiger partial charge in [0.05, 0.1) is 26.5 Å². The Morgan fingerprint density at radius 1 is 1.45 bits per heavy atom. The van der Waals surface area contributed by atoms with Gasteiger partial charge >= 0.3 is 0 Å². The Hall–Kier alpha value is -0.440. The van der Waals surface area contributed by atoms with E-state index in [4.69, 9.17) is 11.6 Å². The van der Waals surface area contributed by atoms with Gasteiger partial charge in [0.1, 0.15) is 0 Å². The van der Waals surface area contributed by atoms with Crippen LogP contribution in [0.3, 0.4) is 0 Å². The van der Waals surface area contributed by atoms with Crippen molar-refractivity contribution in [1.29, 1.82) is 0 Å². The molecule has 20 heavy (non-hydrogen) atoms. The van der Waals surface area contributed by atoms with Crippen molar-refractivity contribution in [3.63, 3.8) is 0 Å². The lowest BCUT2D eigenvalue weighted by molar-refractivity contribution is 0.0949. The van der Waals surface area contributed by atoms with Crippen molar-refractivity contribution in [2.24, 2.45) is 0 Å². The second-order valence-electron chi connectivity index (χ2n) is 4.03. The molecule has 3 nitrogen and oxygen atoms in total. The van der Waals surface area contributed by atoms with Gasteiger partial charge in [-0.3, -0.25) is 4.79 Å². The van der Waals surface area contributed by atoms with Crippen LogP contribution in [0.5, 0.6) is 0 Å². The predicted molar refractivity (Wildman–Crippen MR) is 94.2 cm³/mol. The van der Waals surface area contributed by atoms with E-state index in [1.807, 2.05) is 11.4 Å². The average Bonchev–Trinajstić information content (AvgIpc) is 2.99. The van der Waals surface area contributed by atoms with Crippen LogP contribution in [0.15, 0.2) is 34.1 Å². The first-order chi connectivity index (χ1) is 9.63. The molecule has 3 rings (SSSR count). The summed E-state index contributed by atoms with van der Waals surface area (Å²) in [4.78, 5) is 12.7. The number of nitrogens with zero attached hydrogens (tertiary/aromatic N) is 2. The number of hydrogen-bond donors (Lipinski definition) is 0. The normalized spacial score (nSPS) is 11.2. The molecule has 0 atom stereocenters. The van der Waals surface area contributed by atoms with Crippen LogP contribution in [0.25, 0.3) is 10.2 Å². The van der Waals surface area contributed by atoms with E-state index in [1.165, 1.54) is 4.68 Å². The lowest BCUT2D eigenvalue weighted by Crippen LogP contribution is -2.14. The monoisotopic (exact) mass is 480 g/mol. The van der Waals surface area contributed by atoms with Crippen LogP contribution in [0.4, 0.5) is 0 Å². The van der Waals surface area contributed by atoms with Gasteiger partial charge in [0.15, 0.2) is 0 Å². The van der Waals surface area contributed by atoms with Crippen molar-refractivity contribution in [1.82, 2.24) is 9.78 Å². The molecular weight excluding hydrogens is 474 g/mol. The molecule has 0 unspecified atom stereocenters. The number of alkyl halides is 1. The summed E-state index contributed by atoms with van der Waals surface area (Å²) >= 11 is 13.4. The van der Waals surface area contributed by atoms with E-state index in [0.717, 1.165) is 20.3 Å². The third-order valence-electron chi connectivity index (χ3n) is 2.85. The number of benzene rings is 1. The van der Waals surface area contributed by atoms with Gasteiger partial charge in [-0.05, 0) is 39.5 Å². The molecule has 0 amide bonds. The Labute approximate surface area is 146 Å². The van der Waals surface area contributed by atoms with Gasteiger partial charge in [0.2, 0.25) is 0 Å². The van der Waals surface area contributed by atoms with Crippen LogP contribution >= 0.6 is 61.5 Å². The van der Waals surface area contributed by atoms with E-state index in [1.54, 1.807) is 29.5 Å². The van der Waals surface area contributed by atoms with Crippen molar-refractivity contribution < 1.29 is 4.79 Å². The molecule has 0 aliphatic rings. The second kappa shape index (κ2) is 5.75. The van der Waals surface area contributed by atoms with E-state index in [0.29, 0.717) is 15.1 Å². The van der Waals surface area contributed by atoms with Crippen molar-refractivity contribution in [2.75, 3.05) is 0 Å². The average molecular weight is 482 g/mol. The first-order valence-electron chi connectivity index (χ1n) is 5.63. The minimum atomic E-state index is -0.220. The number of rotatable bonds is 2. The summed E-state index contributed by atoms with van der Waals surface area (Å²) in [6, 6.07) is 7.20. The smallest absolute Gasteiger partial charge is 0.267 e. The number of carbonyl (C=O) groups is 1. The lowest BCUT2D eigenvalue weighted by atomic mass is 10.2. The minimum absolute atomic E-state index is 0.220. The van der Waals surface area contributed by atoms with Crippen molar-refractivity contribution >= 4 is 77.6 Å². The quantitative estimate of drug-likeness (QED) is 0.376. The molecule has 7 heteroatoms. The van der Waals surface area contributed by atoms with Gasteiger partial charge in [-0.15, -0.1) is 11.3 Å². The summed E-state index contributed by atoms with van der Waals surface area (Å²) < 4.78 is 3.92. The molecule has 0 aliphatic heterocycles. The zero-order chi connectivity index (χ0) is 14.3. The Bertz CT molecular complexity index is 794. The summed E-state index contributed by atoms with van der Waals surface area (Å²) in [6.45, 7) is 0. The van der Waals surface area contributed by atoms with Gasteiger partial charge in [0, 0.05) is 8.90 Å². The number of carbonyl (C=O) groups excluding carboxylic acids is 1. The summed E-state index contributed by atoms with van der Waals surface area (Å²) in [5, 5.41) is 6.80. The Morgan fingerprint density at radius 2 is 2.25 bits per heavy atom. The maximum Gasteiger partial charge on any atom is 0.281 e. The number of thiophene rings is 1. The van der Waals surface area contributed by atoms with Crippen LogP contribution in [-0.4, -0.2) is 15.7 Å². The molecule has 2 heterocycles. The highest BCUT2D eigenvalue weighted by Crippen LogP contribution is 2.30. The molecule has 3 aromatic rings. The molecule has 0 spiro atoms. The molecule has 2 aromatic heterocycles. The van der Waals surface area contributed by atoms with Crippen LogP contribution in [0.2, 0.25) is 5.02 Å². The molecule has 0 saturated carbocycles. The van der Waals surface area contributed by atoms with Crippen LogP contribution in [-0.2, 0) is 4.43 Å². The van der Waals surface area contributed by atoms with E-state index in [9.17, 15) is 4.79 Å². The van der Waals surface area contributed by atoms with Gasteiger partial charge in [-0.2, -0.15) is 9.78 Å². The highest BCUT2D eigenvalue weighted by molar-refractivity contribution is 14.1. The first kappa shape index (κ1) is 14.5. The number of fused-ring (bicyclic) bond motifs is 1. The Balaban J connectivity index is 2.20. The number of aromatic nitrogens is 2. The SMILES string of the molecule is O=C(c1c(Cl)cccc1Br)n1nc(CI)c2sccc21. The number of halogens is 3. The Morgan fingerprint density at radius 3 is 2.95 bits per heavy atom. The molecule has 0 N–H and O–H groups in total. The van der Waals surface area contributed by atoms with Crippen LogP contribution in [0, 0.1) is 0 Å². The van der Waals surface area contributed by atoms with Gasteiger partial charge in [-0.1, -0.05) is 40.3 Å². The third-order valence-corrected chi connectivity index (χ3v) is 5.50. The number of hydrogen-bond acceptors (Lipinski definition) is 3. The van der Waals surface area contributed by atoms with E-state index in [2.05, 4.69) is 43.6 Å². The minimum Gasteiger partial charge on any atom is -0.267 e. The summed E-state index contributed by atoms with van der Waals surface area (Å²) in [5.74, 6) is -0.220. The van der Waals surface area contributed by atoms with E-state index < -0.39 is 0 Å². The van der Waals surface area contributed by atoms with E-state index in [-0.39, 0.29) is 5.91 Å². The molecule has 0 fully saturated rings. The maximum atomic E-state index is 12.7. The van der Waals surface area contributed by atoms with Gasteiger partial charge in [0.25, 0.3) is 5.91 Å². The molecule has 0 bridgehead atoms. The highest BCUT2D eigenvalue weighted by Gasteiger charge is 2.21. The topological polar surface area (TPSA) is 34.9 Å². The van der Waals surface area contributed by atoms with Gasteiger partial charge < -0.3 is 0 Å². The lowest BCUT2D eigenvalue weighted by Gasteiger charge is -2.06. The molecular formula is C13H7BrClIN2OS. The van der Waals surface area contributed by atoms with Crippen LogP contribution in [0.1, 0.15) is 16.1 Å². The fourth-order valence-corrected chi connectivity index (χ4v) is 4.51. The molecule has 1 aromatic carbocycles. The fourth-order valence-electron chi connectivity index (χ4n) is 1.96. The fraction of sp³-hybridized carbons (Fsp3) is 0.0769. The molecule has 0 radical (unpaired) electrons. The summed E-state index contributed by atoms with van der Waals surface area (Å²) in [7, 11) is 0. The summed E-state index contributed by atoms with van der Waals surface area (Å²) in [5.41, 5.74) is 2.19. The van der Waals surface area contributed by atoms with Crippen molar-refractivity contribution in [3.05, 3.63) is 50.4 Å². The summed E-state index contributed by atoms with van der Waals surface area (Å²) in [6.07, 6.45) is 0. The van der Waals surface area contributed by atoms with E-state index >= 15 is 0 Å². The van der Waals surface area contributed by atoms with Crippen LogP contribution < -0.4 is 0 Å². The predicted octanol–water partition coefficient (Wildman–Crippen LogP) is 5.14. The molecule has 0 aliphatic carbocycles. The molecule has 0 saturated heterocycles. The largest absolute Gasteiger partial charge is 0.281 e. The second-order valence-corrected chi connectivity index (χ2v) is 6.97. The maximum absolute atomic E-state index is 12.7. The van der Waals surface area contributed by atoms with Gasteiger partial charge in [-0.25, -0.2) is 0 Å². The highest BCUT2D eigenvalue weighted by atomic mass is 127. The van der Waals surface area contributed by atoms with Crippen molar-refractivity contribution in [2.45, 2.75) is 4.43 Å². The first-order valence-corrected chi connectivity index (χ1v) is 9.21. The zero-order valence-corrected chi connectivity index (χ0v) is 15.3. The third kappa shape index (κ3) is 2.32. The zero-order valence-electron chi connectivity index (χ0n) is 9.94. The molecule has 102 valence electrons. The standard InChI is InChI=1S/C13H7BrClIN2OS/c14-7-2-1-3-8(15)11(7)13(19)18-10-4-5-20-12(10)9(6-16)17-18/h1-5H,6H2. The van der Waals surface area contributed by atoms with Crippen molar-refractivity contribution in [3.8, 4) is 0 Å².